The molecular weight excluding hydrogens is 1050 g/mol. The maximum absolute atomic E-state index is 15.0. The van der Waals surface area contributed by atoms with Crippen LogP contribution in [0, 0.1) is 5.82 Å². The molecule has 0 aliphatic rings. The Bertz CT molecular complexity index is 4550. The number of phenols is 1. The lowest BCUT2D eigenvalue weighted by Gasteiger charge is -2.27. The average molecular weight is 1130 g/mol. The SMILES string of the molecule is CC(C)(C)c1cc(-n2c(-c3ccc(F)cc3O)nc3c(-c4cc(-c5cc(-c6cccc7c8ccccc8n(-c8cc(C(C)(C)C)cc(C(C)(C)C)c8)c67)ccn5)cc(-c5cc(C(C)(C)C)ccc5-c5ccccc5)c4)cccc32)cc(C(C)(C)C)c1. The van der Waals surface area contributed by atoms with Crippen LogP contribution in [-0.2, 0) is 27.1 Å². The van der Waals surface area contributed by atoms with E-state index in [1.54, 1.807) is 6.07 Å². The van der Waals surface area contributed by atoms with Gasteiger partial charge in [0.25, 0.3) is 0 Å². The van der Waals surface area contributed by atoms with E-state index in [2.05, 4.69) is 289 Å². The molecule has 3 aromatic heterocycles. The lowest BCUT2D eigenvalue weighted by molar-refractivity contribution is 0.470. The van der Waals surface area contributed by atoms with Crippen molar-refractivity contribution in [1.82, 2.24) is 19.1 Å². The molecule has 0 spiro atoms. The molecule has 0 unspecified atom stereocenters. The second-order valence-corrected chi connectivity index (χ2v) is 28.8. The minimum absolute atomic E-state index is 0.0749. The van der Waals surface area contributed by atoms with E-state index in [1.807, 2.05) is 6.20 Å². The lowest BCUT2D eigenvalue weighted by atomic mass is 9.80. The summed E-state index contributed by atoms with van der Waals surface area (Å²) in [6, 6.07) is 68.9. The van der Waals surface area contributed by atoms with Gasteiger partial charge >= 0.3 is 0 Å². The van der Waals surface area contributed by atoms with Crippen molar-refractivity contribution in [3.63, 3.8) is 0 Å². The maximum Gasteiger partial charge on any atom is 0.149 e. The smallest absolute Gasteiger partial charge is 0.149 e. The summed E-state index contributed by atoms with van der Waals surface area (Å²) in [5.41, 5.74) is 22.1. The summed E-state index contributed by atoms with van der Waals surface area (Å²) in [6.45, 7) is 34.0. The minimum atomic E-state index is -0.522. The van der Waals surface area contributed by atoms with Crippen molar-refractivity contribution < 1.29 is 9.50 Å². The monoisotopic (exact) mass is 1130 g/mol. The Morgan fingerprint density at radius 1 is 0.360 bits per heavy atom. The number of hydrogen-bond acceptors (Lipinski definition) is 3. The zero-order valence-corrected chi connectivity index (χ0v) is 52.7. The molecule has 432 valence electrons. The first-order chi connectivity index (χ1) is 40.6. The van der Waals surface area contributed by atoms with Gasteiger partial charge in [-0.3, -0.25) is 9.55 Å². The van der Waals surface area contributed by atoms with Crippen molar-refractivity contribution in [1.29, 1.82) is 0 Å². The Morgan fingerprint density at radius 2 is 0.884 bits per heavy atom. The fourth-order valence-corrected chi connectivity index (χ4v) is 12.2. The van der Waals surface area contributed by atoms with E-state index in [1.165, 1.54) is 50.7 Å². The van der Waals surface area contributed by atoms with Crippen molar-refractivity contribution in [2.24, 2.45) is 0 Å². The van der Waals surface area contributed by atoms with Gasteiger partial charge in [0, 0.05) is 51.1 Å². The van der Waals surface area contributed by atoms with Crippen LogP contribution in [0.3, 0.4) is 0 Å². The summed E-state index contributed by atoms with van der Waals surface area (Å²) in [7, 11) is 0. The molecule has 0 bridgehead atoms. The van der Waals surface area contributed by atoms with Crippen molar-refractivity contribution in [2.45, 2.75) is 131 Å². The number of nitrogens with zero attached hydrogens (tertiary/aromatic N) is 4. The van der Waals surface area contributed by atoms with Crippen LogP contribution in [0.15, 0.2) is 200 Å². The van der Waals surface area contributed by atoms with E-state index in [0.717, 1.165) is 89.2 Å². The average Bonchev–Trinajstić information content (AvgIpc) is 1.57. The normalized spacial score (nSPS) is 12.7. The molecule has 9 aromatic carbocycles. The Labute approximate surface area is 507 Å². The van der Waals surface area contributed by atoms with Crippen molar-refractivity contribution in [3.05, 3.63) is 234 Å². The van der Waals surface area contributed by atoms with Crippen molar-refractivity contribution in [3.8, 4) is 84.3 Å². The van der Waals surface area contributed by atoms with Gasteiger partial charge in [0.1, 0.15) is 17.4 Å². The van der Waals surface area contributed by atoms with E-state index in [-0.39, 0.29) is 32.8 Å². The molecule has 0 saturated carbocycles. The van der Waals surface area contributed by atoms with Crippen molar-refractivity contribution in [2.75, 3.05) is 0 Å². The third-order valence-corrected chi connectivity index (χ3v) is 17.3. The largest absolute Gasteiger partial charge is 0.507 e. The Morgan fingerprint density at radius 3 is 1.50 bits per heavy atom. The van der Waals surface area contributed by atoms with Gasteiger partial charge in [-0.2, -0.15) is 0 Å². The van der Waals surface area contributed by atoms with Crippen molar-refractivity contribution >= 4 is 32.8 Å². The van der Waals surface area contributed by atoms with Gasteiger partial charge in [-0.1, -0.05) is 213 Å². The molecule has 0 atom stereocenters. The summed E-state index contributed by atoms with van der Waals surface area (Å²) >= 11 is 0. The molecule has 1 N–H and O–H groups in total. The summed E-state index contributed by atoms with van der Waals surface area (Å²) in [5, 5.41) is 14.1. The van der Waals surface area contributed by atoms with Crippen LogP contribution in [0.25, 0.3) is 111 Å². The van der Waals surface area contributed by atoms with Crippen LogP contribution in [0.4, 0.5) is 4.39 Å². The number of imidazole rings is 1. The van der Waals surface area contributed by atoms with Crippen LogP contribution in [0.1, 0.15) is 132 Å². The molecule has 0 radical (unpaired) electrons. The zero-order chi connectivity index (χ0) is 61.0. The zero-order valence-electron chi connectivity index (χ0n) is 52.7. The Kier molecular flexibility index (Phi) is 14.0. The molecule has 3 heterocycles. The van der Waals surface area contributed by atoms with Crippen LogP contribution in [0.2, 0.25) is 0 Å². The van der Waals surface area contributed by atoms with Gasteiger partial charge in [0.2, 0.25) is 0 Å². The summed E-state index contributed by atoms with van der Waals surface area (Å²) in [6.07, 6.45) is 1.96. The maximum atomic E-state index is 15.0. The summed E-state index contributed by atoms with van der Waals surface area (Å²) in [5.74, 6) is -0.193. The fraction of sp³-hybridized carbons (Fsp3) is 0.250. The highest BCUT2D eigenvalue weighted by atomic mass is 19.1. The predicted molar refractivity (Wildman–Crippen MR) is 361 cm³/mol. The second kappa shape index (κ2) is 21.0. The number of aromatic nitrogens is 4. The highest BCUT2D eigenvalue weighted by Gasteiger charge is 2.28. The first-order valence-corrected chi connectivity index (χ1v) is 30.3. The van der Waals surface area contributed by atoms with Crippen LogP contribution in [-0.4, -0.2) is 24.2 Å². The highest BCUT2D eigenvalue weighted by Crippen LogP contribution is 2.46. The number of pyridine rings is 1. The number of fused-ring (bicyclic) bond motifs is 4. The molecule has 5 nitrogen and oxygen atoms in total. The number of halogens is 1. The lowest BCUT2D eigenvalue weighted by Crippen LogP contribution is -2.17. The number of para-hydroxylation sites is 3. The number of hydrogen-bond donors (Lipinski definition) is 1. The van der Waals surface area contributed by atoms with Crippen LogP contribution < -0.4 is 0 Å². The molecule has 0 amide bonds. The molecule has 0 aliphatic heterocycles. The first kappa shape index (κ1) is 57.6. The molecule has 12 aromatic rings. The minimum Gasteiger partial charge on any atom is -0.507 e. The molecular formula is C80H79FN4O. The fourth-order valence-electron chi connectivity index (χ4n) is 12.2. The second-order valence-electron chi connectivity index (χ2n) is 28.8. The topological polar surface area (TPSA) is 55.9 Å². The third-order valence-electron chi connectivity index (χ3n) is 17.3. The van der Waals surface area contributed by atoms with Gasteiger partial charge in [0.05, 0.1) is 33.3 Å². The van der Waals surface area contributed by atoms with E-state index in [0.29, 0.717) is 11.4 Å². The number of benzene rings is 9. The number of rotatable bonds is 8. The highest BCUT2D eigenvalue weighted by molar-refractivity contribution is 6.14. The van der Waals surface area contributed by atoms with E-state index < -0.39 is 5.82 Å². The van der Waals surface area contributed by atoms with Crippen LogP contribution in [0.5, 0.6) is 5.75 Å². The van der Waals surface area contributed by atoms with E-state index in [9.17, 15) is 9.50 Å². The van der Waals surface area contributed by atoms with Gasteiger partial charge < -0.3 is 9.67 Å². The standard InChI is InChI=1S/C80H79FN4O/c1-76(2,3)54-31-33-62(49-23-17-16-18-24-49)68(47-54)52-37-51(63-26-22-30-71-73(63)83-75(67-34-32-59(81)48-72(67)86)85(71)61-45-57(79(10,11)12)42-58(46-61)80(13,14)15)38-53(39-52)69-40-50(35-36-82-69)64-27-21-28-66-65-25-19-20-29-70(65)84(74(64)66)60-43-55(77(4,5)6)41-56(44-60)78(7,8)9/h16-48,86H,1-15H3. The molecule has 86 heavy (non-hydrogen) atoms. The van der Waals surface area contributed by atoms with Gasteiger partial charge in [0.15, 0.2) is 0 Å². The number of phenolic OH excluding ortho intramolecular Hbond substituents is 1. The van der Waals surface area contributed by atoms with Gasteiger partial charge in [-0.05, 0) is 167 Å². The quantitative estimate of drug-likeness (QED) is 0.165. The predicted octanol–water partition coefficient (Wildman–Crippen LogP) is 21.9. The summed E-state index contributed by atoms with van der Waals surface area (Å²) in [4.78, 5) is 10.8. The number of aromatic hydroxyl groups is 1. The van der Waals surface area contributed by atoms with Gasteiger partial charge in [-0.25, -0.2) is 9.37 Å². The molecule has 0 fully saturated rings. The molecule has 0 saturated heterocycles. The van der Waals surface area contributed by atoms with Gasteiger partial charge in [-0.15, -0.1) is 0 Å². The summed E-state index contributed by atoms with van der Waals surface area (Å²) < 4.78 is 19.6. The Hall–Kier alpha value is -8.87. The molecule has 0 aliphatic carbocycles. The van der Waals surface area contributed by atoms with E-state index in [4.69, 9.17) is 9.97 Å². The Balaban J connectivity index is 1.14. The first-order valence-electron chi connectivity index (χ1n) is 30.3. The molecule has 6 heteroatoms. The van der Waals surface area contributed by atoms with Crippen LogP contribution >= 0.6 is 0 Å². The molecule has 12 rings (SSSR count). The third kappa shape index (κ3) is 10.7. The van der Waals surface area contributed by atoms with E-state index >= 15 is 0 Å².